The summed E-state index contributed by atoms with van der Waals surface area (Å²) in [6.45, 7) is 1.93. The van der Waals surface area contributed by atoms with Gasteiger partial charge < -0.3 is 10.3 Å². The van der Waals surface area contributed by atoms with Gasteiger partial charge in [-0.15, -0.1) is 0 Å². The molecule has 124 valence electrons. The summed E-state index contributed by atoms with van der Waals surface area (Å²) < 4.78 is 0. The molecule has 0 aliphatic carbocycles. The van der Waals surface area contributed by atoms with Gasteiger partial charge in [-0.1, -0.05) is 36.4 Å². The van der Waals surface area contributed by atoms with Crippen molar-refractivity contribution < 1.29 is 4.79 Å². The first-order chi connectivity index (χ1) is 12.2. The summed E-state index contributed by atoms with van der Waals surface area (Å²) in [6.07, 6.45) is 2.04. The van der Waals surface area contributed by atoms with E-state index in [-0.39, 0.29) is 11.9 Å². The highest BCUT2D eigenvalue weighted by Crippen LogP contribution is 2.18. The van der Waals surface area contributed by atoms with Crippen LogP contribution >= 0.6 is 0 Å². The third-order valence-corrected chi connectivity index (χ3v) is 4.26. The number of imidazole rings is 1. The summed E-state index contributed by atoms with van der Waals surface area (Å²) in [5.74, 6) is 0.705. The number of para-hydroxylation sites is 3. The van der Waals surface area contributed by atoms with Gasteiger partial charge >= 0.3 is 0 Å². The van der Waals surface area contributed by atoms with Crippen LogP contribution < -0.4 is 5.32 Å². The van der Waals surface area contributed by atoms with Crippen LogP contribution in [0.4, 0.5) is 0 Å². The van der Waals surface area contributed by atoms with Crippen LogP contribution in [0.15, 0.2) is 60.8 Å². The van der Waals surface area contributed by atoms with Gasteiger partial charge in [-0.05, 0) is 30.7 Å². The first-order valence-electron chi connectivity index (χ1n) is 8.27. The average Bonchev–Trinajstić information content (AvgIpc) is 3.06. The van der Waals surface area contributed by atoms with Gasteiger partial charge in [0.1, 0.15) is 5.82 Å². The number of aromatic amines is 1. The number of fused-ring (bicyclic) bond motifs is 2. The van der Waals surface area contributed by atoms with Crippen LogP contribution in [-0.2, 0) is 11.2 Å². The standard InChI is InChI=1S/C20H18N4O/c1-13(20-23-16-9-2-3-10-17(16)24-20)22-18(25)12-15-7-4-6-14-8-5-11-21-19(14)15/h2-11,13H,12H2,1H3,(H,22,25)(H,23,24). The Morgan fingerprint density at radius 1 is 1.12 bits per heavy atom. The van der Waals surface area contributed by atoms with Gasteiger partial charge in [0, 0.05) is 11.6 Å². The Kier molecular flexibility index (Phi) is 3.90. The van der Waals surface area contributed by atoms with Crippen molar-refractivity contribution in [3.05, 3.63) is 72.2 Å². The van der Waals surface area contributed by atoms with Crippen LogP contribution in [0.25, 0.3) is 21.9 Å². The molecule has 5 nitrogen and oxygen atoms in total. The summed E-state index contributed by atoms with van der Waals surface area (Å²) in [6, 6.07) is 17.4. The number of hydrogen-bond acceptors (Lipinski definition) is 3. The van der Waals surface area contributed by atoms with E-state index in [0.29, 0.717) is 6.42 Å². The largest absolute Gasteiger partial charge is 0.346 e. The summed E-state index contributed by atoms with van der Waals surface area (Å²) >= 11 is 0. The van der Waals surface area contributed by atoms with Crippen LogP contribution in [-0.4, -0.2) is 20.9 Å². The molecule has 2 heterocycles. The molecule has 0 radical (unpaired) electrons. The lowest BCUT2D eigenvalue weighted by Gasteiger charge is -2.12. The van der Waals surface area contributed by atoms with E-state index in [0.717, 1.165) is 33.3 Å². The highest BCUT2D eigenvalue weighted by Gasteiger charge is 2.15. The lowest BCUT2D eigenvalue weighted by molar-refractivity contribution is -0.121. The molecule has 5 heteroatoms. The number of benzene rings is 2. The van der Waals surface area contributed by atoms with Crippen LogP contribution in [0.2, 0.25) is 0 Å². The Morgan fingerprint density at radius 3 is 2.84 bits per heavy atom. The van der Waals surface area contributed by atoms with Crippen molar-refractivity contribution in [1.82, 2.24) is 20.3 Å². The van der Waals surface area contributed by atoms with Crippen LogP contribution in [0.5, 0.6) is 0 Å². The number of rotatable bonds is 4. The zero-order chi connectivity index (χ0) is 17.2. The SMILES string of the molecule is CC(NC(=O)Cc1cccc2cccnc12)c1nc2ccccc2[nH]1. The fourth-order valence-electron chi connectivity index (χ4n) is 3.02. The average molecular weight is 330 g/mol. The molecule has 4 aromatic rings. The molecular weight excluding hydrogens is 312 g/mol. The van der Waals surface area contributed by atoms with Gasteiger partial charge in [0.2, 0.25) is 5.91 Å². The third kappa shape index (κ3) is 3.08. The highest BCUT2D eigenvalue weighted by atomic mass is 16.1. The molecule has 0 bridgehead atoms. The van der Waals surface area contributed by atoms with Gasteiger partial charge in [-0.3, -0.25) is 9.78 Å². The predicted molar refractivity (Wildman–Crippen MR) is 98.1 cm³/mol. The fourth-order valence-corrected chi connectivity index (χ4v) is 3.02. The molecule has 0 saturated carbocycles. The van der Waals surface area contributed by atoms with Crippen molar-refractivity contribution in [1.29, 1.82) is 0 Å². The second kappa shape index (κ2) is 6.36. The topological polar surface area (TPSA) is 70.7 Å². The van der Waals surface area contributed by atoms with E-state index >= 15 is 0 Å². The van der Waals surface area contributed by atoms with E-state index in [4.69, 9.17) is 0 Å². The van der Waals surface area contributed by atoms with Gasteiger partial charge in [0.25, 0.3) is 0 Å². The number of amides is 1. The molecule has 0 fully saturated rings. The number of nitrogens with one attached hydrogen (secondary N) is 2. The van der Waals surface area contributed by atoms with E-state index in [2.05, 4.69) is 20.3 Å². The van der Waals surface area contributed by atoms with Gasteiger partial charge in [-0.25, -0.2) is 4.98 Å². The maximum absolute atomic E-state index is 12.5. The Labute approximate surface area is 145 Å². The second-order valence-electron chi connectivity index (χ2n) is 6.10. The van der Waals surface area contributed by atoms with Crippen molar-refractivity contribution in [2.75, 3.05) is 0 Å². The minimum absolute atomic E-state index is 0.0499. The fraction of sp³-hybridized carbons (Fsp3) is 0.150. The molecule has 1 atom stereocenters. The highest BCUT2D eigenvalue weighted by molar-refractivity contribution is 5.87. The van der Waals surface area contributed by atoms with Gasteiger partial charge in [0.15, 0.2) is 0 Å². The van der Waals surface area contributed by atoms with Crippen LogP contribution in [0.3, 0.4) is 0 Å². The Balaban J connectivity index is 1.51. The molecule has 0 aliphatic heterocycles. The molecular formula is C20H18N4O. The zero-order valence-corrected chi connectivity index (χ0v) is 13.9. The maximum atomic E-state index is 12.5. The summed E-state index contributed by atoms with van der Waals surface area (Å²) in [4.78, 5) is 24.7. The molecule has 2 aromatic carbocycles. The number of H-pyrrole nitrogens is 1. The molecule has 0 saturated heterocycles. The van der Waals surface area contributed by atoms with E-state index in [1.54, 1.807) is 6.20 Å². The number of aromatic nitrogens is 3. The zero-order valence-electron chi connectivity index (χ0n) is 13.9. The van der Waals surface area contributed by atoms with E-state index in [9.17, 15) is 4.79 Å². The number of nitrogens with zero attached hydrogens (tertiary/aromatic N) is 2. The predicted octanol–water partition coefficient (Wildman–Crippen LogP) is 3.53. The molecule has 0 aliphatic rings. The normalized spacial score (nSPS) is 12.4. The first-order valence-corrected chi connectivity index (χ1v) is 8.27. The van der Waals surface area contributed by atoms with Crippen molar-refractivity contribution in [3.8, 4) is 0 Å². The Morgan fingerprint density at radius 2 is 1.96 bits per heavy atom. The van der Waals surface area contributed by atoms with Crippen molar-refractivity contribution in [2.24, 2.45) is 0 Å². The Bertz CT molecular complexity index is 1020. The molecule has 2 N–H and O–H groups in total. The van der Waals surface area contributed by atoms with E-state index in [1.165, 1.54) is 0 Å². The maximum Gasteiger partial charge on any atom is 0.225 e. The minimum Gasteiger partial charge on any atom is -0.346 e. The monoisotopic (exact) mass is 330 g/mol. The summed E-state index contributed by atoms with van der Waals surface area (Å²) in [5.41, 5.74) is 3.66. The number of carbonyl (C=O) groups excluding carboxylic acids is 1. The summed E-state index contributed by atoms with van der Waals surface area (Å²) in [5, 5.41) is 4.05. The molecule has 2 aromatic heterocycles. The molecule has 1 unspecified atom stereocenters. The lowest BCUT2D eigenvalue weighted by atomic mass is 10.1. The van der Waals surface area contributed by atoms with Crippen molar-refractivity contribution in [2.45, 2.75) is 19.4 Å². The number of hydrogen-bond donors (Lipinski definition) is 2. The first kappa shape index (κ1) is 15.3. The van der Waals surface area contributed by atoms with E-state index < -0.39 is 0 Å². The van der Waals surface area contributed by atoms with Crippen molar-refractivity contribution >= 4 is 27.8 Å². The van der Waals surface area contributed by atoms with Crippen LogP contribution in [0.1, 0.15) is 24.4 Å². The molecule has 1 amide bonds. The van der Waals surface area contributed by atoms with E-state index in [1.807, 2.05) is 61.5 Å². The quantitative estimate of drug-likeness (QED) is 0.601. The minimum atomic E-state index is -0.192. The molecule has 4 rings (SSSR count). The van der Waals surface area contributed by atoms with Gasteiger partial charge in [-0.2, -0.15) is 0 Å². The lowest BCUT2D eigenvalue weighted by Crippen LogP contribution is -2.28. The molecule has 25 heavy (non-hydrogen) atoms. The van der Waals surface area contributed by atoms with Crippen molar-refractivity contribution in [3.63, 3.8) is 0 Å². The number of carbonyl (C=O) groups is 1. The Hall–Kier alpha value is -3.21. The summed E-state index contributed by atoms with van der Waals surface area (Å²) in [7, 11) is 0. The van der Waals surface area contributed by atoms with Gasteiger partial charge in [0.05, 0.1) is 29.0 Å². The number of pyridine rings is 1. The smallest absolute Gasteiger partial charge is 0.225 e. The molecule has 0 spiro atoms. The second-order valence-corrected chi connectivity index (χ2v) is 6.10. The third-order valence-electron chi connectivity index (χ3n) is 4.26. The van der Waals surface area contributed by atoms with Crippen LogP contribution in [0, 0.1) is 0 Å².